The van der Waals surface area contributed by atoms with Crippen molar-refractivity contribution in [3.63, 3.8) is 0 Å². The molecule has 0 aliphatic carbocycles. The first-order valence-electron chi connectivity index (χ1n) is 7.02. The smallest absolute Gasteiger partial charge is 0.114 e. The first-order valence-corrected chi connectivity index (χ1v) is 7.02. The lowest BCUT2D eigenvalue weighted by molar-refractivity contribution is -0.0937. The normalized spacial score (nSPS) is 29.2. The van der Waals surface area contributed by atoms with E-state index in [-0.39, 0.29) is 13.2 Å². The van der Waals surface area contributed by atoms with Crippen LogP contribution in [0.5, 0.6) is 0 Å². The minimum absolute atomic E-state index is 0.147. The van der Waals surface area contributed by atoms with Gasteiger partial charge in [0.2, 0.25) is 0 Å². The molecule has 1 heterocycles. The van der Waals surface area contributed by atoms with Crippen molar-refractivity contribution in [1.82, 2.24) is 0 Å². The quantitative estimate of drug-likeness (QED) is 0.424. The first kappa shape index (κ1) is 16.6. The van der Waals surface area contributed by atoms with E-state index in [1.54, 1.807) is 0 Å². The van der Waals surface area contributed by atoms with E-state index in [9.17, 15) is 10.2 Å². The molecule has 0 saturated carbocycles. The van der Waals surface area contributed by atoms with E-state index in [0.29, 0.717) is 6.61 Å². The Balaban J connectivity index is 2.18. The third-order valence-electron chi connectivity index (χ3n) is 3.29. The standard InChI is InChI=1S/C14H26O5/c1-2-3-4-5-6-7-8-18-14-12(17)10-19-13(14)11(16)9-15/h2-3,11-17H,4-10H2,1H3/b3-2+/t11-,12+,13+,14+/m1/s1. The van der Waals surface area contributed by atoms with E-state index in [1.165, 1.54) is 0 Å². The molecule has 1 aliphatic rings. The van der Waals surface area contributed by atoms with Crippen LogP contribution in [0.25, 0.3) is 0 Å². The molecular formula is C14H26O5. The van der Waals surface area contributed by atoms with Gasteiger partial charge in [-0.25, -0.2) is 0 Å². The summed E-state index contributed by atoms with van der Waals surface area (Å²) in [5.41, 5.74) is 0. The van der Waals surface area contributed by atoms with Gasteiger partial charge in [0.15, 0.2) is 0 Å². The second-order valence-corrected chi connectivity index (χ2v) is 4.87. The van der Waals surface area contributed by atoms with Crippen molar-refractivity contribution in [3.05, 3.63) is 12.2 Å². The molecule has 0 aromatic carbocycles. The summed E-state index contributed by atoms with van der Waals surface area (Å²) >= 11 is 0. The van der Waals surface area contributed by atoms with E-state index in [1.807, 2.05) is 13.0 Å². The molecule has 1 aliphatic heterocycles. The predicted molar refractivity (Wildman–Crippen MR) is 71.9 cm³/mol. The molecule has 0 aromatic heterocycles. The number of ether oxygens (including phenoxy) is 2. The molecule has 1 saturated heterocycles. The van der Waals surface area contributed by atoms with Crippen molar-refractivity contribution in [2.45, 2.75) is 57.0 Å². The Bertz CT molecular complexity index is 256. The van der Waals surface area contributed by atoms with Crippen LogP contribution in [-0.2, 0) is 9.47 Å². The van der Waals surface area contributed by atoms with E-state index in [4.69, 9.17) is 14.6 Å². The molecule has 1 rings (SSSR count). The Morgan fingerprint density at radius 2 is 2.16 bits per heavy atom. The summed E-state index contributed by atoms with van der Waals surface area (Å²) in [6.07, 6.45) is 5.47. The Kier molecular flexibility index (Phi) is 8.25. The van der Waals surface area contributed by atoms with Crippen LogP contribution in [0, 0.1) is 0 Å². The highest BCUT2D eigenvalue weighted by Crippen LogP contribution is 2.21. The maximum atomic E-state index is 9.72. The summed E-state index contributed by atoms with van der Waals surface area (Å²) in [6.45, 7) is 2.31. The van der Waals surface area contributed by atoms with Gasteiger partial charge in [-0.15, -0.1) is 0 Å². The molecule has 0 aromatic rings. The van der Waals surface area contributed by atoms with Gasteiger partial charge in [0.05, 0.1) is 13.2 Å². The Morgan fingerprint density at radius 3 is 2.84 bits per heavy atom. The zero-order valence-corrected chi connectivity index (χ0v) is 11.6. The van der Waals surface area contributed by atoms with Crippen molar-refractivity contribution >= 4 is 0 Å². The SMILES string of the molecule is C/C=C/CCCCCO[C@@H]1[C@H]([C@H](O)CO)OC[C@@H]1O. The van der Waals surface area contributed by atoms with Gasteiger partial charge < -0.3 is 24.8 Å². The zero-order valence-electron chi connectivity index (χ0n) is 11.6. The third-order valence-corrected chi connectivity index (χ3v) is 3.29. The van der Waals surface area contributed by atoms with Gasteiger partial charge in [-0.2, -0.15) is 0 Å². The molecule has 3 N–H and O–H groups in total. The third kappa shape index (κ3) is 5.58. The van der Waals surface area contributed by atoms with Gasteiger partial charge in [-0.1, -0.05) is 18.6 Å². The summed E-state index contributed by atoms with van der Waals surface area (Å²) in [5, 5.41) is 28.2. The van der Waals surface area contributed by atoms with Crippen molar-refractivity contribution in [3.8, 4) is 0 Å². The fraction of sp³-hybridized carbons (Fsp3) is 0.857. The fourth-order valence-corrected chi connectivity index (χ4v) is 2.19. The lowest BCUT2D eigenvalue weighted by Gasteiger charge is -2.23. The molecule has 1 fully saturated rings. The minimum atomic E-state index is -1.00. The number of aliphatic hydroxyl groups excluding tert-OH is 3. The number of hydrogen-bond donors (Lipinski definition) is 3. The summed E-state index contributed by atoms with van der Waals surface area (Å²) in [7, 11) is 0. The van der Waals surface area contributed by atoms with Crippen LogP contribution in [0.3, 0.4) is 0 Å². The van der Waals surface area contributed by atoms with Crippen LogP contribution >= 0.6 is 0 Å². The van der Waals surface area contributed by atoms with Gasteiger partial charge >= 0.3 is 0 Å². The molecule has 0 radical (unpaired) electrons. The topological polar surface area (TPSA) is 79.2 Å². The second kappa shape index (κ2) is 9.44. The average molecular weight is 274 g/mol. The number of aliphatic hydroxyl groups is 3. The molecule has 19 heavy (non-hydrogen) atoms. The molecular weight excluding hydrogens is 248 g/mol. The van der Waals surface area contributed by atoms with E-state index in [0.717, 1.165) is 25.7 Å². The van der Waals surface area contributed by atoms with Crippen LogP contribution in [0.1, 0.15) is 32.6 Å². The molecule has 5 heteroatoms. The summed E-state index contributed by atoms with van der Waals surface area (Å²) in [4.78, 5) is 0. The highest BCUT2D eigenvalue weighted by atomic mass is 16.6. The maximum Gasteiger partial charge on any atom is 0.114 e. The van der Waals surface area contributed by atoms with Crippen LogP contribution in [0.4, 0.5) is 0 Å². The largest absolute Gasteiger partial charge is 0.394 e. The number of unbranched alkanes of at least 4 members (excludes halogenated alkanes) is 3. The number of allylic oxidation sites excluding steroid dienone is 2. The Morgan fingerprint density at radius 1 is 1.37 bits per heavy atom. The molecule has 0 spiro atoms. The predicted octanol–water partition coefficient (Wildman–Crippen LogP) is 0.621. The molecule has 0 amide bonds. The maximum absolute atomic E-state index is 9.72. The number of hydrogen-bond acceptors (Lipinski definition) is 5. The summed E-state index contributed by atoms with van der Waals surface area (Å²) < 4.78 is 10.8. The molecule has 0 unspecified atom stereocenters. The molecule has 4 atom stereocenters. The van der Waals surface area contributed by atoms with Crippen molar-refractivity contribution in [1.29, 1.82) is 0 Å². The summed E-state index contributed by atoms with van der Waals surface area (Å²) in [5.74, 6) is 0. The highest BCUT2D eigenvalue weighted by molar-refractivity contribution is 4.89. The molecule has 0 bridgehead atoms. The van der Waals surface area contributed by atoms with E-state index in [2.05, 4.69) is 6.08 Å². The lowest BCUT2D eigenvalue weighted by atomic mass is 10.1. The number of rotatable bonds is 9. The van der Waals surface area contributed by atoms with Gasteiger partial charge in [0.1, 0.15) is 24.4 Å². The molecule has 5 nitrogen and oxygen atoms in total. The van der Waals surface area contributed by atoms with Crippen LogP contribution in [0.2, 0.25) is 0 Å². The van der Waals surface area contributed by atoms with Gasteiger partial charge in [-0.3, -0.25) is 0 Å². The van der Waals surface area contributed by atoms with Crippen molar-refractivity contribution < 1.29 is 24.8 Å². The fourth-order valence-electron chi connectivity index (χ4n) is 2.19. The first-order chi connectivity index (χ1) is 9.20. The van der Waals surface area contributed by atoms with E-state index < -0.39 is 24.4 Å². The Labute approximate surface area is 114 Å². The minimum Gasteiger partial charge on any atom is -0.394 e. The van der Waals surface area contributed by atoms with Gasteiger partial charge in [0.25, 0.3) is 0 Å². The van der Waals surface area contributed by atoms with Gasteiger partial charge in [-0.05, 0) is 26.2 Å². The van der Waals surface area contributed by atoms with Crippen molar-refractivity contribution in [2.24, 2.45) is 0 Å². The highest BCUT2D eigenvalue weighted by Gasteiger charge is 2.40. The monoisotopic (exact) mass is 274 g/mol. The van der Waals surface area contributed by atoms with Crippen LogP contribution in [-0.4, -0.2) is 59.6 Å². The Hall–Kier alpha value is -0.460. The molecule has 112 valence electrons. The lowest BCUT2D eigenvalue weighted by Crippen LogP contribution is -2.42. The van der Waals surface area contributed by atoms with Gasteiger partial charge in [0, 0.05) is 6.61 Å². The van der Waals surface area contributed by atoms with E-state index >= 15 is 0 Å². The summed E-state index contributed by atoms with van der Waals surface area (Å²) in [6, 6.07) is 0. The second-order valence-electron chi connectivity index (χ2n) is 4.87. The van der Waals surface area contributed by atoms with Crippen LogP contribution in [0.15, 0.2) is 12.2 Å². The van der Waals surface area contributed by atoms with Crippen LogP contribution < -0.4 is 0 Å². The zero-order chi connectivity index (χ0) is 14.1. The van der Waals surface area contributed by atoms with Crippen molar-refractivity contribution in [2.75, 3.05) is 19.8 Å². The average Bonchev–Trinajstić information content (AvgIpc) is 2.78.